The van der Waals surface area contributed by atoms with E-state index in [0.29, 0.717) is 13.0 Å². The molecule has 1 heterocycles. The highest BCUT2D eigenvalue weighted by molar-refractivity contribution is 7.09. The zero-order chi connectivity index (χ0) is 14.6. The lowest BCUT2D eigenvalue weighted by Gasteiger charge is -2.35. The molecule has 0 aliphatic heterocycles. The molecule has 4 nitrogen and oxygen atoms in total. The topological polar surface area (TPSA) is 68.0 Å². The van der Waals surface area contributed by atoms with E-state index in [9.17, 15) is 4.79 Å². The Kier molecular flexibility index (Phi) is 5.16. The molecular weight excluding hydrogens is 270 g/mol. The van der Waals surface area contributed by atoms with Crippen LogP contribution in [0, 0.1) is 12.3 Å². The number of aromatic nitrogens is 1. The number of rotatable bonds is 5. The lowest BCUT2D eigenvalue weighted by molar-refractivity contribution is -0.124. The second kappa shape index (κ2) is 6.68. The van der Waals surface area contributed by atoms with Crippen molar-refractivity contribution in [2.45, 2.75) is 58.4 Å². The zero-order valence-electron chi connectivity index (χ0n) is 12.4. The van der Waals surface area contributed by atoms with E-state index in [4.69, 9.17) is 5.73 Å². The van der Waals surface area contributed by atoms with E-state index >= 15 is 0 Å². The first-order valence-electron chi connectivity index (χ1n) is 7.46. The van der Waals surface area contributed by atoms with Crippen LogP contribution in [0.25, 0.3) is 0 Å². The molecule has 1 aromatic rings. The van der Waals surface area contributed by atoms with Crippen LogP contribution in [-0.2, 0) is 4.79 Å². The average Bonchev–Trinajstić information content (AvgIpc) is 2.86. The summed E-state index contributed by atoms with van der Waals surface area (Å²) < 4.78 is 0. The number of amides is 1. The van der Waals surface area contributed by atoms with Crippen molar-refractivity contribution >= 4 is 17.2 Å². The number of nitrogens with one attached hydrogen (secondary N) is 1. The van der Waals surface area contributed by atoms with Gasteiger partial charge in [0.05, 0.1) is 6.04 Å². The molecule has 1 amide bonds. The minimum Gasteiger partial charge on any atom is -0.347 e. The number of thiazole rings is 1. The average molecular weight is 295 g/mol. The molecule has 1 unspecified atom stereocenters. The van der Waals surface area contributed by atoms with Crippen molar-refractivity contribution in [3.63, 3.8) is 0 Å². The van der Waals surface area contributed by atoms with Crippen molar-refractivity contribution in [2.75, 3.05) is 6.54 Å². The molecule has 1 saturated carbocycles. The molecule has 5 heteroatoms. The molecule has 1 aliphatic rings. The third-order valence-corrected chi connectivity index (χ3v) is 5.41. The second-order valence-corrected chi connectivity index (χ2v) is 6.95. The Balaban J connectivity index is 1.91. The Morgan fingerprint density at radius 3 is 2.75 bits per heavy atom. The molecule has 3 N–H and O–H groups in total. The highest BCUT2D eigenvalue weighted by atomic mass is 32.1. The summed E-state index contributed by atoms with van der Waals surface area (Å²) in [7, 11) is 0. The third-order valence-electron chi connectivity index (χ3n) is 4.27. The summed E-state index contributed by atoms with van der Waals surface area (Å²) in [4.78, 5) is 16.7. The molecule has 0 radical (unpaired) electrons. The predicted octanol–water partition coefficient (Wildman–Crippen LogP) is 2.93. The van der Waals surface area contributed by atoms with Crippen molar-refractivity contribution in [1.29, 1.82) is 0 Å². The fraction of sp³-hybridized carbons (Fsp3) is 0.733. The summed E-state index contributed by atoms with van der Waals surface area (Å²) in [6.07, 6.45) is 6.40. The van der Waals surface area contributed by atoms with Crippen LogP contribution >= 0.6 is 11.3 Å². The summed E-state index contributed by atoms with van der Waals surface area (Å²) in [6.45, 7) is 4.58. The van der Waals surface area contributed by atoms with Gasteiger partial charge < -0.3 is 11.1 Å². The predicted molar refractivity (Wildman–Crippen MR) is 82.6 cm³/mol. The molecule has 0 bridgehead atoms. The van der Waals surface area contributed by atoms with E-state index in [0.717, 1.165) is 23.5 Å². The first-order chi connectivity index (χ1) is 9.54. The van der Waals surface area contributed by atoms with Crippen LogP contribution in [0.4, 0.5) is 0 Å². The largest absolute Gasteiger partial charge is 0.347 e. The number of carbonyl (C=O) groups excluding carboxylic acids is 1. The van der Waals surface area contributed by atoms with Gasteiger partial charge in [-0.2, -0.15) is 0 Å². The number of nitrogens with two attached hydrogens (primary N) is 1. The van der Waals surface area contributed by atoms with E-state index in [1.165, 1.54) is 19.3 Å². The Morgan fingerprint density at radius 2 is 2.20 bits per heavy atom. The second-order valence-electron chi connectivity index (χ2n) is 6.06. The minimum absolute atomic E-state index is 0.0142. The van der Waals surface area contributed by atoms with E-state index < -0.39 is 0 Å². The van der Waals surface area contributed by atoms with E-state index in [1.54, 1.807) is 11.3 Å². The standard InChI is InChI=1S/C15H25N3OS/c1-11-9-20-14(17-11)12(2)18-13(19)8-15(10-16)6-4-3-5-7-15/h9,12H,3-8,10,16H2,1-2H3,(H,18,19). The molecule has 112 valence electrons. The molecular formula is C15H25N3OS. The van der Waals surface area contributed by atoms with Crippen LogP contribution in [0.5, 0.6) is 0 Å². The summed E-state index contributed by atoms with van der Waals surface area (Å²) in [5.74, 6) is 0.109. The lowest BCUT2D eigenvalue weighted by atomic mass is 9.71. The van der Waals surface area contributed by atoms with Gasteiger partial charge in [-0.25, -0.2) is 4.98 Å². The number of nitrogens with zero attached hydrogens (tertiary/aromatic N) is 1. The van der Waals surface area contributed by atoms with Gasteiger partial charge in [-0.1, -0.05) is 19.3 Å². The molecule has 0 spiro atoms. The highest BCUT2D eigenvalue weighted by Gasteiger charge is 2.33. The van der Waals surface area contributed by atoms with Crippen LogP contribution in [0.2, 0.25) is 0 Å². The van der Waals surface area contributed by atoms with Crippen LogP contribution in [0.1, 0.15) is 62.2 Å². The first kappa shape index (κ1) is 15.4. The van der Waals surface area contributed by atoms with Crippen LogP contribution in [0.3, 0.4) is 0 Å². The van der Waals surface area contributed by atoms with E-state index in [1.807, 2.05) is 19.2 Å². The van der Waals surface area contributed by atoms with Gasteiger partial charge in [-0.3, -0.25) is 4.79 Å². The van der Waals surface area contributed by atoms with Gasteiger partial charge in [0.1, 0.15) is 5.01 Å². The molecule has 0 saturated heterocycles. The van der Waals surface area contributed by atoms with E-state index in [-0.39, 0.29) is 17.4 Å². The maximum atomic E-state index is 12.3. The summed E-state index contributed by atoms with van der Waals surface area (Å²) in [6, 6.07) is -0.0142. The number of hydrogen-bond acceptors (Lipinski definition) is 4. The lowest BCUT2D eigenvalue weighted by Crippen LogP contribution is -2.39. The molecule has 1 aromatic heterocycles. The van der Waals surface area contributed by atoms with E-state index in [2.05, 4.69) is 10.3 Å². The van der Waals surface area contributed by atoms with Crippen molar-refractivity contribution in [3.8, 4) is 0 Å². The molecule has 1 fully saturated rings. The smallest absolute Gasteiger partial charge is 0.221 e. The maximum Gasteiger partial charge on any atom is 0.221 e. The van der Waals surface area contributed by atoms with Crippen molar-refractivity contribution in [1.82, 2.24) is 10.3 Å². The molecule has 20 heavy (non-hydrogen) atoms. The Labute approximate surface area is 125 Å². The zero-order valence-corrected chi connectivity index (χ0v) is 13.3. The van der Waals surface area contributed by atoms with Gasteiger partial charge in [0.2, 0.25) is 5.91 Å². The van der Waals surface area contributed by atoms with Crippen molar-refractivity contribution < 1.29 is 4.79 Å². The Morgan fingerprint density at radius 1 is 1.50 bits per heavy atom. The highest BCUT2D eigenvalue weighted by Crippen LogP contribution is 2.38. The Hall–Kier alpha value is -0.940. The SMILES string of the molecule is Cc1csc(C(C)NC(=O)CC2(CN)CCCCC2)n1. The minimum atomic E-state index is -0.0142. The van der Waals surface area contributed by atoms with Crippen LogP contribution in [0.15, 0.2) is 5.38 Å². The summed E-state index contributed by atoms with van der Waals surface area (Å²) in [5, 5.41) is 6.06. The van der Waals surface area contributed by atoms with Crippen LogP contribution < -0.4 is 11.1 Å². The molecule has 2 rings (SSSR count). The number of hydrogen-bond donors (Lipinski definition) is 2. The monoisotopic (exact) mass is 295 g/mol. The fourth-order valence-electron chi connectivity index (χ4n) is 3.02. The maximum absolute atomic E-state index is 12.3. The van der Waals surface area contributed by atoms with Gasteiger partial charge in [-0.05, 0) is 38.6 Å². The fourth-order valence-corrected chi connectivity index (χ4v) is 3.82. The molecule has 1 atom stereocenters. The first-order valence-corrected chi connectivity index (χ1v) is 8.34. The number of carbonyl (C=O) groups is 1. The van der Waals surface area contributed by atoms with Gasteiger partial charge in [0.15, 0.2) is 0 Å². The Bertz CT molecular complexity index is 452. The molecule has 1 aliphatic carbocycles. The van der Waals surface area contributed by atoms with Crippen molar-refractivity contribution in [3.05, 3.63) is 16.1 Å². The summed E-state index contributed by atoms with van der Waals surface area (Å²) >= 11 is 1.60. The quantitative estimate of drug-likeness (QED) is 0.877. The summed E-state index contributed by atoms with van der Waals surface area (Å²) in [5.41, 5.74) is 6.98. The van der Waals surface area contributed by atoms with Crippen LogP contribution in [-0.4, -0.2) is 17.4 Å². The van der Waals surface area contributed by atoms with Crippen molar-refractivity contribution in [2.24, 2.45) is 11.1 Å². The van der Waals surface area contributed by atoms with Gasteiger partial charge in [-0.15, -0.1) is 11.3 Å². The van der Waals surface area contributed by atoms with Gasteiger partial charge in [0.25, 0.3) is 0 Å². The number of aryl methyl sites for hydroxylation is 1. The third kappa shape index (κ3) is 3.79. The molecule has 0 aromatic carbocycles. The van der Waals surface area contributed by atoms with Gasteiger partial charge >= 0.3 is 0 Å². The van der Waals surface area contributed by atoms with Gasteiger partial charge in [0, 0.05) is 17.5 Å². The normalized spacial score (nSPS) is 19.6.